The molecule has 1 heterocycles. The molecule has 0 aromatic heterocycles. The molecule has 1 unspecified atom stereocenters. The summed E-state index contributed by atoms with van der Waals surface area (Å²) >= 11 is 3.55. The number of nitrogens with zero attached hydrogens (tertiary/aromatic N) is 1. The highest BCUT2D eigenvalue weighted by atomic mass is 79.9. The summed E-state index contributed by atoms with van der Waals surface area (Å²) in [5.41, 5.74) is 1.37. The zero-order valence-corrected chi connectivity index (χ0v) is 13.6. The van der Waals surface area contributed by atoms with Crippen LogP contribution in [0.3, 0.4) is 0 Å². The van der Waals surface area contributed by atoms with E-state index in [2.05, 4.69) is 64.3 Å². The smallest absolute Gasteiger partial charge is 0.0294 e. The van der Waals surface area contributed by atoms with E-state index in [9.17, 15) is 0 Å². The Hall–Kier alpha value is -0.380. The average Bonchev–Trinajstić information content (AvgIpc) is 2.64. The van der Waals surface area contributed by atoms with E-state index in [-0.39, 0.29) is 0 Å². The lowest BCUT2D eigenvalue weighted by atomic mass is 10.0. The highest BCUT2D eigenvalue weighted by Gasteiger charge is 2.18. The molecule has 1 aliphatic heterocycles. The Kier molecular flexibility index (Phi) is 5.86. The van der Waals surface area contributed by atoms with Crippen molar-refractivity contribution < 1.29 is 0 Å². The second-order valence-corrected chi connectivity index (χ2v) is 6.42. The largest absolute Gasteiger partial charge is 0.307 e. The van der Waals surface area contributed by atoms with Crippen LogP contribution in [0.15, 0.2) is 28.7 Å². The van der Waals surface area contributed by atoms with E-state index in [4.69, 9.17) is 0 Å². The minimum absolute atomic E-state index is 0.427. The van der Waals surface area contributed by atoms with E-state index >= 15 is 0 Å². The number of likely N-dealkylation sites (tertiary alicyclic amines) is 1. The standard InChI is InChI=1S/C16H25BrN2/c1-3-19-10-5-8-16(9-11-19)18-13(2)14-6-4-7-15(17)12-14/h4,6-7,12-13,16,18H,3,5,8-11H2,1-2H3/t13-,16?/m1/s1. The summed E-state index contributed by atoms with van der Waals surface area (Å²) < 4.78 is 1.16. The Morgan fingerprint density at radius 2 is 2.21 bits per heavy atom. The summed E-state index contributed by atoms with van der Waals surface area (Å²) in [6, 6.07) is 9.70. The third kappa shape index (κ3) is 4.59. The molecule has 1 aliphatic rings. The van der Waals surface area contributed by atoms with Crippen molar-refractivity contribution in [3.8, 4) is 0 Å². The molecule has 2 atom stereocenters. The number of benzene rings is 1. The quantitative estimate of drug-likeness (QED) is 0.901. The van der Waals surface area contributed by atoms with E-state index in [0.29, 0.717) is 12.1 Å². The van der Waals surface area contributed by atoms with E-state index in [0.717, 1.165) is 4.47 Å². The van der Waals surface area contributed by atoms with Gasteiger partial charge in [0.2, 0.25) is 0 Å². The summed E-state index contributed by atoms with van der Waals surface area (Å²) in [7, 11) is 0. The fourth-order valence-corrected chi connectivity index (χ4v) is 3.28. The minimum atomic E-state index is 0.427. The summed E-state index contributed by atoms with van der Waals surface area (Å²) in [5, 5.41) is 3.80. The molecule has 106 valence electrons. The number of hydrogen-bond acceptors (Lipinski definition) is 2. The van der Waals surface area contributed by atoms with Crippen molar-refractivity contribution in [2.45, 2.75) is 45.2 Å². The molecule has 1 aromatic carbocycles. The van der Waals surface area contributed by atoms with Crippen LogP contribution in [0, 0.1) is 0 Å². The zero-order chi connectivity index (χ0) is 13.7. The van der Waals surface area contributed by atoms with E-state index in [1.807, 2.05) is 0 Å². The van der Waals surface area contributed by atoms with Crippen LogP contribution in [-0.4, -0.2) is 30.6 Å². The predicted octanol–water partition coefficient (Wildman–Crippen LogP) is 3.97. The van der Waals surface area contributed by atoms with Gasteiger partial charge in [0.05, 0.1) is 0 Å². The monoisotopic (exact) mass is 324 g/mol. The first-order valence-corrected chi connectivity index (χ1v) is 8.22. The Bertz CT molecular complexity index is 394. The molecular formula is C16H25BrN2. The van der Waals surface area contributed by atoms with Gasteiger partial charge in [-0.15, -0.1) is 0 Å². The molecule has 1 aromatic rings. The van der Waals surface area contributed by atoms with Crippen LogP contribution in [-0.2, 0) is 0 Å². The van der Waals surface area contributed by atoms with Gasteiger partial charge in [0.15, 0.2) is 0 Å². The first kappa shape index (κ1) is 15.0. The SMILES string of the molecule is CCN1CCCC(N[C@H](C)c2cccc(Br)c2)CC1. The molecule has 2 rings (SSSR count). The molecule has 2 nitrogen and oxygen atoms in total. The second-order valence-electron chi connectivity index (χ2n) is 5.51. The molecule has 19 heavy (non-hydrogen) atoms. The van der Waals surface area contributed by atoms with Gasteiger partial charge in [0.25, 0.3) is 0 Å². The summed E-state index contributed by atoms with van der Waals surface area (Å²) in [5.74, 6) is 0. The van der Waals surface area contributed by atoms with Gasteiger partial charge in [-0.3, -0.25) is 0 Å². The van der Waals surface area contributed by atoms with Crippen molar-refractivity contribution in [3.63, 3.8) is 0 Å². The van der Waals surface area contributed by atoms with Crippen LogP contribution >= 0.6 is 15.9 Å². The van der Waals surface area contributed by atoms with Crippen LogP contribution < -0.4 is 5.32 Å². The normalized spacial score (nSPS) is 23.0. The van der Waals surface area contributed by atoms with Crippen molar-refractivity contribution in [3.05, 3.63) is 34.3 Å². The lowest BCUT2D eigenvalue weighted by Crippen LogP contribution is -2.33. The number of hydrogen-bond donors (Lipinski definition) is 1. The van der Waals surface area contributed by atoms with Crippen molar-refractivity contribution in [1.29, 1.82) is 0 Å². The summed E-state index contributed by atoms with van der Waals surface area (Å²) in [6.07, 6.45) is 3.89. The van der Waals surface area contributed by atoms with Gasteiger partial charge >= 0.3 is 0 Å². The Balaban J connectivity index is 1.90. The molecule has 0 spiro atoms. The van der Waals surface area contributed by atoms with Gasteiger partial charge in [-0.1, -0.05) is 35.0 Å². The third-order valence-electron chi connectivity index (χ3n) is 4.10. The maximum atomic E-state index is 3.80. The second kappa shape index (κ2) is 7.41. The van der Waals surface area contributed by atoms with Crippen LogP contribution in [0.2, 0.25) is 0 Å². The van der Waals surface area contributed by atoms with E-state index in [1.54, 1.807) is 0 Å². The fraction of sp³-hybridized carbons (Fsp3) is 0.625. The molecule has 0 amide bonds. The van der Waals surface area contributed by atoms with E-state index < -0.39 is 0 Å². The topological polar surface area (TPSA) is 15.3 Å². The first-order chi connectivity index (χ1) is 9.19. The maximum absolute atomic E-state index is 3.80. The highest BCUT2D eigenvalue weighted by molar-refractivity contribution is 9.10. The van der Waals surface area contributed by atoms with Crippen LogP contribution in [0.1, 0.15) is 44.7 Å². The molecule has 3 heteroatoms. The lowest BCUT2D eigenvalue weighted by molar-refractivity contribution is 0.295. The molecule has 0 aliphatic carbocycles. The molecular weight excluding hydrogens is 300 g/mol. The minimum Gasteiger partial charge on any atom is -0.307 e. The molecule has 0 saturated carbocycles. The number of halogens is 1. The Morgan fingerprint density at radius 3 is 2.95 bits per heavy atom. The van der Waals surface area contributed by atoms with Crippen molar-refractivity contribution in [1.82, 2.24) is 10.2 Å². The van der Waals surface area contributed by atoms with Gasteiger partial charge in [-0.25, -0.2) is 0 Å². The third-order valence-corrected chi connectivity index (χ3v) is 4.60. The van der Waals surface area contributed by atoms with Crippen molar-refractivity contribution in [2.24, 2.45) is 0 Å². The maximum Gasteiger partial charge on any atom is 0.0294 e. The fourth-order valence-electron chi connectivity index (χ4n) is 2.86. The zero-order valence-electron chi connectivity index (χ0n) is 12.0. The van der Waals surface area contributed by atoms with Gasteiger partial charge in [0.1, 0.15) is 0 Å². The Labute approximate surface area is 125 Å². The molecule has 0 bridgehead atoms. The highest BCUT2D eigenvalue weighted by Crippen LogP contribution is 2.20. The van der Waals surface area contributed by atoms with Gasteiger partial charge in [-0.2, -0.15) is 0 Å². The molecule has 1 saturated heterocycles. The Morgan fingerprint density at radius 1 is 1.37 bits per heavy atom. The summed E-state index contributed by atoms with van der Waals surface area (Å²) in [4.78, 5) is 2.56. The van der Waals surface area contributed by atoms with Crippen molar-refractivity contribution >= 4 is 15.9 Å². The van der Waals surface area contributed by atoms with Gasteiger partial charge in [-0.05, 0) is 63.5 Å². The van der Waals surface area contributed by atoms with Crippen molar-refractivity contribution in [2.75, 3.05) is 19.6 Å². The lowest BCUT2D eigenvalue weighted by Gasteiger charge is -2.23. The van der Waals surface area contributed by atoms with Crippen LogP contribution in [0.4, 0.5) is 0 Å². The van der Waals surface area contributed by atoms with Gasteiger partial charge in [0, 0.05) is 16.6 Å². The number of nitrogens with one attached hydrogen (secondary N) is 1. The average molecular weight is 325 g/mol. The van der Waals surface area contributed by atoms with Crippen LogP contribution in [0.5, 0.6) is 0 Å². The molecule has 1 N–H and O–H groups in total. The summed E-state index contributed by atoms with van der Waals surface area (Å²) in [6.45, 7) is 8.22. The van der Waals surface area contributed by atoms with Crippen LogP contribution in [0.25, 0.3) is 0 Å². The molecule has 1 fully saturated rings. The predicted molar refractivity (Wildman–Crippen MR) is 85.4 cm³/mol. The molecule has 0 radical (unpaired) electrons. The first-order valence-electron chi connectivity index (χ1n) is 7.43. The number of rotatable bonds is 4. The van der Waals surface area contributed by atoms with E-state index in [1.165, 1.54) is 44.5 Å². The van der Waals surface area contributed by atoms with Gasteiger partial charge < -0.3 is 10.2 Å².